The second-order valence-corrected chi connectivity index (χ2v) is 6.53. The van der Waals surface area contributed by atoms with Gasteiger partial charge in [-0.15, -0.1) is 0 Å². The first-order valence-corrected chi connectivity index (χ1v) is 8.49. The van der Waals surface area contributed by atoms with Gasteiger partial charge in [-0.3, -0.25) is 9.59 Å². The molecule has 0 aromatic heterocycles. The number of hydrogen-bond donors (Lipinski definition) is 2. The van der Waals surface area contributed by atoms with Gasteiger partial charge in [0.15, 0.2) is 0 Å². The Morgan fingerprint density at radius 2 is 1.67 bits per heavy atom. The van der Waals surface area contributed by atoms with Gasteiger partial charge in [0.05, 0.1) is 18.4 Å². The molecule has 2 aromatic carbocycles. The summed E-state index contributed by atoms with van der Waals surface area (Å²) in [5.74, 6) is -1.40. The fraction of sp³-hybridized carbons (Fsp3) is 0.250. The minimum Gasteiger partial charge on any atom is -0.465 e. The van der Waals surface area contributed by atoms with Gasteiger partial charge < -0.3 is 15.4 Å². The molecule has 0 aliphatic heterocycles. The summed E-state index contributed by atoms with van der Waals surface area (Å²) in [6.45, 7) is 2.02. The fourth-order valence-corrected chi connectivity index (χ4v) is 2.69. The molecule has 2 aromatic rings. The molecule has 3 rings (SSSR count). The average Bonchev–Trinajstić information content (AvgIpc) is 3.40. The number of amides is 2. The van der Waals surface area contributed by atoms with E-state index in [1.54, 1.807) is 12.1 Å². The molecule has 1 aliphatic rings. The van der Waals surface area contributed by atoms with Crippen LogP contribution in [0.2, 0.25) is 0 Å². The molecule has 140 valence electrons. The summed E-state index contributed by atoms with van der Waals surface area (Å²) in [4.78, 5) is 35.8. The minimum atomic E-state index is -0.668. The van der Waals surface area contributed by atoms with Crippen LogP contribution in [0.25, 0.3) is 0 Å². The first-order valence-electron chi connectivity index (χ1n) is 8.49. The van der Waals surface area contributed by atoms with Gasteiger partial charge in [-0.2, -0.15) is 0 Å². The number of ether oxygens (including phenoxy) is 1. The first-order chi connectivity index (χ1) is 12.9. The zero-order chi connectivity index (χ0) is 19.6. The van der Waals surface area contributed by atoms with Crippen LogP contribution in [0.15, 0.2) is 42.5 Å². The van der Waals surface area contributed by atoms with E-state index in [2.05, 4.69) is 15.4 Å². The third kappa shape index (κ3) is 4.31. The number of esters is 1. The van der Waals surface area contributed by atoms with Crippen molar-refractivity contribution in [1.29, 1.82) is 0 Å². The van der Waals surface area contributed by atoms with Crippen molar-refractivity contribution in [3.05, 3.63) is 59.4 Å². The van der Waals surface area contributed by atoms with E-state index in [-0.39, 0.29) is 28.6 Å². The molecule has 0 heterocycles. The third-order valence-corrected chi connectivity index (χ3v) is 4.50. The van der Waals surface area contributed by atoms with E-state index in [1.165, 1.54) is 31.4 Å². The lowest BCUT2D eigenvalue weighted by atomic mass is 10.1. The van der Waals surface area contributed by atoms with Crippen molar-refractivity contribution in [2.75, 3.05) is 17.7 Å². The maximum absolute atomic E-state index is 13.9. The summed E-state index contributed by atoms with van der Waals surface area (Å²) < 4.78 is 18.5. The normalized spacial score (nSPS) is 17.7. The van der Waals surface area contributed by atoms with E-state index in [0.717, 1.165) is 12.5 Å². The number of carbonyl (C=O) groups is 3. The molecule has 2 amide bonds. The van der Waals surface area contributed by atoms with Crippen molar-refractivity contribution in [1.82, 2.24) is 0 Å². The summed E-state index contributed by atoms with van der Waals surface area (Å²) >= 11 is 0. The molecule has 27 heavy (non-hydrogen) atoms. The Bertz CT molecular complexity index is 895. The van der Waals surface area contributed by atoms with Crippen LogP contribution in [0.1, 0.15) is 34.1 Å². The first kappa shape index (κ1) is 18.6. The Labute approximate surface area is 155 Å². The molecule has 0 bridgehead atoms. The highest BCUT2D eigenvalue weighted by molar-refractivity contribution is 6.05. The number of methoxy groups -OCH3 is 1. The number of halogens is 1. The molecular formula is C20H19FN2O4. The van der Waals surface area contributed by atoms with E-state index in [4.69, 9.17) is 0 Å². The van der Waals surface area contributed by atoms with Gasteiger partial charge in [-0.1, -0.05) is 6.92 Å². The molecule has 0 saturated heterocycles. The summed E-state index contributed by atoms with van der Waals surface area (Å²) in [7, 11) is 1.22. The summed E-state index contributed by atoms with van der Waals surface area (Å²) in [5, 5.41) is 5.23. The van der Waals surface area contributed by atoms with E-state index >= 15 is 0 Å². The summed E-state index contributed by atoms with van der Waals surface area (Å²) in [5.41, 5.74) is 0.884. The topological polar surface area (TPSA) is 84.5 Å². The van der Waals surface area contributed by atoms with Crippen molar-refractivity contribution in [2.24, 2.45) is 11.8 Å². The molecular weight excluding hydrogens is 351 g/mol. The SMILES string of the molecule is COC(=O)c1ccc(F)c(NC(=O)c2ccc(NC(=O)C3CC3C)cc2)c1. The van der Waals surface area contributed by atoms with Crippen LogP contribution in [-0.2, 0) is 9.53 Å². The highest BCUT2D eigenvalue weighted by Crippen LogP contribution is 2.38. The lowest BCUT2D eigenvalue weighted by molar-refractivity contribution is -0.117. The Kier molecular flexibility index (Phi) is 5.21. The van der Waals surface area contributed by atoms with Crippen LogP contribution >= 0.6 is 0 Å². The average molecular weight is 370 g/mol. The van der Waals surface area contributed by atoms with Crippen LogP contribution in [-0.4, -0.2) is 24.9 Å². The minimum absolute atomic E-state index is 0.0265. The smallest absolute Gasteiger partial charge is 0.337 e. The number of hydrogen-bond acceptors (Lipinski definition) is 4. The number of rotatable bonds is 5. The summed E-state index contributed by atoms with van der Waals surface area (Å²) in [6.07, 6.45) is 0.891. The molecule has 1 fully saturated rings. The number of anilines is 2. The predicted molar refractivity (Wildman–Crippen MR) is 98.0 cm³/mol. The van der Waals surface area contributed by atoms with E-state index in [9.17, 15) is 18.8 Å². The van der Waals surface area contributed by atoms with Crippen LogP contribution in [0.3, 0.4) is 0 Å². The lowest BCUT2D eigenvalue weighted by Gasteiger charge is -2.09. The maximum atomic E-state index is 13.9. The molecule has 1 saturated carbocycles. The highest BCUT2D eigenvalue weighted by atomic mass is 19.1. The molecule has 2 atom stereocenters. The Morgan fingerprint density at radius 3 is 2.26 bits per heavy atom. The van der Waals surface area contributed by atoms with E-state index < -0.39 is 17.7 Å². The largest absolute Gasteiger partial charge is 0.465 e. The Morgan fingerprint density at radius 1 is 1.04 bits per heavy atom. The molecule has 6 nitrogen and oxygen atoms in total. The monoisotopic (exact) mass is 370 g/mol. The van der Waals surface area contributed by atoms with Gasteiger partial charge in [-0.05, 0) is 54.8 Å². The zero-order valence-electron chi connectivity index (χ0n) is 14.9. The van der Waals surface area contributed by atoms with Gasteiger partial charge in [0.25, 0.3) is 5.91 Å². The number of nitrogens with one attached hydrogen (secondary N) is 2. The Hall–Kier alpha value is -3.22. The molecule has 0 radical (unpaired) electrons. The van der Waals surface area contributed by atoms with Crippen LogP contribution in [0.5, 0.6) is 0 Å². The Balaban J connectivity index is 1.67. The molecule has 1 aliphatic carbocycles. The predicted octanol–water partition coefficient (Wildman–Crippen LogP) is 3.46. The van der Waals surface area contributed by atoms with Gasteiger partial charge in [0.2, 0.25) is 5.91 Å². The van der Waals surface area contributed by atoms with Gasteiger partial charge >= 0.3 is 5.97 Å². The van der Waals surface area contributed by atoms with Crippen LogP contribution in [0, 0.1) is 17.7 Å². The summed E-state index contributed by atoms with van der Waals surface area (Å²) in [6, 6.07) is 9.85. The van der Waals surface area contributed by atoms with Gasteiger partial charge in [0.1, 0.15) is 5.82 Å². The number of carbonyl (C=O) groups excluding carboxylic acids is 3. The molecule has 7 heteroatoms. The molecule has 2 unspecified atom stereocenters. The van der Waals surface area contributed by atoms with E-state index in [0.29, 0.717) is 11.6 Å². The van der Waals surface area contributed by atoms with Crippen molar-refractivity contribution < 1.29 is 23.5 Å². The maximum Gasteiger partial charge on any atom is 0.337 e. The zero-order valence-corrected chi connectivity index (χ0v) is 14.9. The third-order valence-electron chi connectivity index (χ3n) is 4.50. The van der Waals surface area contributed by atoms with Crippen molar-refractivity contribution in [3.63, 3.8) is 0 Å². The van der Waals surface area contributed by atoms with Crippen molar-refractivity contribution in [3.8, 4) is 0 Å². The fourth-order valence-electron chi connectivity index (χ4n) is 2.69. The van der Waals surface area contributed by atoms with Gasteiger partial charge in [-0.25, -0.2) is 9.18 Å². The standard InChI is InChI=1S/C20H19FN2O4/c1-11-9-15(11)19(25)22-14-6-3-12(4-7-14)18(24)23-17-10-13(20(26)27-2)5-8-16(17)21/h3-8,10-11,15H,9H2,1-2H3,(H,22,25)(H,23,24). The van der Waals surface area contributed by atoms with Crippen molar-refractivity contribution >= 4 is 29.2 Å². The quantitative estimate of drug-likeness (QED) is 0.790. The molecule has 2 N–H and O–H groups in total. The van der Waals surface area contributed by atoms with Gasteiger partial charge in [0, 0.05) is 17.2 Å². The van der Waals surface area contributed by atoms with Crippen LogP contribution in [0.4, 0.5) is 15.8 Å². The lowest BCUT2D eigenvalue weighted by Crippen LogP contribution is -2.16. The second-order valence-electron chi connectivity index (χ2n) is 6.53. The number of benzene rings is 2. The van der Waals surface area contributed by atoms with Crippen molar-refractivity contribution in [2.45, 2.75) is 13.3 Å². The second kappa shape index (κ2) is 7.57. The highest BCUT2D eigenvalue weighted by Gasteiger charge is 2.39. The molecule has 0 spiro atoms. The van der Waals surface area contributed by atoms with Crippen LogP contribution < -0.4 is 10.6 Å². The van der Waals surface area contributed by atoms with E-state index in [1.807, 2.05) is 6.92 Å².